The fourth-order valence-corrected chi connectivity index (χ4v) is 5.34. The molecule has 1 aromatic carbocycles. The molecule has 0 saturated heterocycles. The molecule has 0 saturated carbocycles. The molecule has 2 aromatic rings. The Hall–Kier alpha value is -2.92. The Kier molecular flexibility index (Phi) is 10.7. The molecule has 0 atom stereocenters. The van der Waals surface area contributed by atoms with E-state index in [1.165, 1.54) is 4.90 Å². The molecule has 1 aromatic heterocycles. The predicted octanol–water partition coefficient (Wildman–Crippen LogP) is 5.71. The van der Waals surface area contributed by atoms with Crippen LogP contribution >= 0.6 is 31.9 Å². The van der Waals surface area contributed by atoms with E-state index in [9.17, 15) is 14.9 Å². The summed E-state index contributed by atoms with van der Waals surface area (Å²) in [5.41, 5.74) is 2.21. The van der Waals surface area contributed by atoms with E-state index in [-0.39, 0.29) is 18.0 Å². The number of ether oxygens (including phenoxy) is 2. The molecule has 2 amide bonds. The number of fused-ring (bicyclic) bond motifs is 1. The van der Waals surface area contributed by atoms with Crippen molar-refractivity contribution in [3.8, 4) is 6.07 Å². The maximum absolute atomic E-state index is 12.8. The number of halogens is 2. The molecule has 11 nitrogen and oxygen atoms in total. The summed E-state index contributed by atoms with van der Waals surface area (Å²) in [6, 6.07) is 3.79. The Bertz CT molecular complexity index is 1290. The van der Waals surface area contributed by atoms with Crippen molar-refractivity contribution in [1.82, 2.24) is 9.88 Å². The minimum Gasteiger partial charge on any atom is -0.385 e. The third-order valence-electron chi connectivity index (χ3n) is 5.86. The summed E-state index contributed by atoms with van der Waals surface area (Å²) in [7, 11) is 3.27. The van der Waals surface area contributed by atoms with Crippen LogP contribution in [0.25, 0.3) is 0 Å². The second kappa shape index (κ2) is 13.7. The van der Waals surface area contributed by atoms with Crippen LogP contribution in [0.1, 0.15) is 51.6 Å². The second-order valence-corrected chi connectivity index (χ2v) is 9.96. The molecule has 3 rings (SSSR count). The number of carbonyl (C=O) groups excluding carboxylic acids is 2. The molecule has 0 unspecified atom stereocenters. The summed E-state index contributed by atoms with van der Waals surface area (Å²) < 4.78 is 11.1. The number of hydrogen-bond acceptors (Lipinski definition) is 10. The first-order valence-corrected chi connectivity index (χ1v) is 13.6. The molecule has 1 aliphatic rings. The Labute approximate surface area is 238 Å². The molecular weight excluding hydrogens is 622 g/mol. The van der Waals surface area contributed by atoms with Gasteiger partial charge >= 0.3 is 0 Å². The Morgan fingerprint density at radius 2 is 1.63 bits per heavy atom. The number of hydrogen-bond donors (Lipinski definition) is 2. The number of pyridine rings is 1. The van der Waals surface area contributed by atoms with Crippen LogP contribution in [-0.2, 0) is 9.47 Å². The summed E-state index contributed by atoms with van der Waals surface area (Å²) in [6.07, 6.45) is 1.48. The van der Waals surface area contributed by atoms with Crippen molar-refractivity contribution in [1.29, 1.82) is 5.26 Å². The van der Waals surface area contributed by atoms with E-state index in [0.29, 0.717) is 74.9 Å². The number of benzene rings is 1. The topological polar surface area (TPSA) is 141 Å². The van der Waals surface area contributed by atoms with Gasteiger partial charge in [-0.3, -0.25) is 14.5 Å². The number of imide groups is 1. The number of nitrogens with one attached hydrogen (secondary N) is 2. The van der Waals surface area contributed by atoms with E-state index < -0.39 is 5.91 Å². The lowest BCUT2D eigenvalue weighted by molar-refractivity contribution is 0.0662. The van der Waals surface area contributed by atoms with Crippen molar-refractivity contribution in [3.63, 3.8) is 0 Å². The number of methoxy groups -OCH3 is 2. The van der Waals surface area contributed by atoms with Gasteiger partial charge in [0.25, 0.3) is 11.8 Å². The molecule has 38 heavy (non-hydrogen) atoms. The van der Waals surface area contributed by atoms with Gasteiger partial charge in [0, 0.05) is 57.1 Å². The quantitative estimate of drug-likeness (QED) is 0.159. The van der Waals surface area contributed by atoms with Gasteiger partial charge in [-0.2, -0.15) is 5.26 Å². The van der Waals surface area contributed by atoms with Gasteiger partial charge in [-0.1, -0.05) is 0 Å². The van der Waals surface area contributed by atoms with Gasteiger partial charge in [0.15, 0.2) is 5.82 Å². The molecule has 13 heteroatoms. The molecule has 2 heterocycles. The van der Waals surface area contributed by atoms with Gasteiger partial charge < -0.3 is 20.1 Å². The third kappa shape index (κ3) is 6.20. The summed E-state index contributed by atoms with van der Waals surface area (Å²) in [6.45, 7) is 6.07. The average molecular weight is 651 g/mol. The Balaban J connectivity index is 2.05. The summed E-state index contributed by atoms with van der Waals surface area (Å²) in [5, 5.41) is 25.3. The van der Waals surface area contributed by atoms with Gasteiger partial charge in [0.2, 0.25) is 0 Å². The summed E-state index contributed by atoms with van der Waals surface area (Å²) in [5.74, 6) is 0.148. The first-order valence-electron chi connectivity index (χ1n) is 12.0. The Morgan fingerprint density at radius 1 is 1.03 bits per heavy atom. The van der Waals surface area contributed by atoms with Gasteiger partial charge in [-0.25, -0.2) is 4.98 Å². The lowest BCUT2D eigenvalue weighted by Crippen LogP contribution is -2.29. The van der Waals surface area contributed by atoms with E-state index in [1.807, 2.05) is 0 Å². The van der Waals surface area contributed by atoms with E-state index in [1.54, 1.807) is 34.1 Å². The van der Waals surface area contributed by atoms with Gasteiger partial charge in [-0.05, 0) is 64.6 Å². The molecule has 2 N–H and O–H groups in total. The normalized spacial score (nSPS) is 12.8. The van der Waals surface area contributed by atoms with Crippen LogP contribution in [0.3, 0.4) is 0 Å². The molecule has 0 fully saturated rings. The first kappa shape index (κ1) is 29.6. The lowest BCUT2D eigenvalue weighted by atomic mass is 10.1. The number of rotatable bonds is 13. The number of anilines is 2. The minimum absolute atomic E-state index is 0.245. The zero-order valence-corrected chi connectivity index (χ0v) is 24.8. The van der Waals surface area contributed by atoms with Crippen molar-refractivity contribution in [3.05, 3.63) is 37.3 Å². The molecule has 1 aliphatic heterocycles. The van der Waals surface area contributed by atoms with E-state index >= 15 is 0 Å². The van der Waals surface area contributed by atoms with Crippen molar-refractivity contribution in [2.75, 3.05) is 57.7 Å². The van der Waals surface area contributed by atoms with Crippen LogP contribution in [0, 0.1) is 18.3 Å². The fraction of sp³-hybridized carbons (Fsp3) is 0.440. The van der Waals surface area contributed by atoms with Crippen LogP contribution in [0.5, 0.6) is 0 Å². The lowest BCUT2D eigenvalue weighted by Gasteiger charge is -2.15. The summed E-state index contributed by atoms with van der Waals surface area (Å²) in [4.78, 5) is 31.3. The fourth-order valence-electron chi connectivity index (χ4n) is 3.89. The smallest absolute Gasteiger partial charge is 0.262 e. The minimum atomic E-state index is -0.391. The molecule has 0 spiro atoms. The highest BCUT2D eigenvalue weighted by atomic mass is 79.9. The number of nitriles is 1. The highest BCUT2D eigenvalue weighted by Gasteiger charge is 2.38. The molecular formula is C25H29Br2N7O4. The van der Waals surface area contributed by atoms with Crippen molar-refractivity contribution < 1.29 is 19.1 Å². The maximum atomic E-state index is 12.8. The molecule has 0 bridgehead atoms. The number of amides is 2. The molecule has 0 radical (unpaired) electrons. The van der Waals surface area contributed by atoms with E-state index in [4.69, 9.17) is 9.47 Å². The first-order chi connectivity index (χ1) is 18.3. The van der Waals surface area contributed by atoms with Crippen molar-refractivity contribution in [2.24, 2.45) is 10.2 Å². The van der Waals surface area contributed by atoms with Gasteiger partial charge in [-0.15, -0.1) is 10.2 Å². The van der Waals surface area contributed by atoms with E-state index in [2.05, 4.69) is 63.8 Å². The molecule has 0 aliphatic carbocycles. The van der Waals surface area contributed by atoms with Crippen LogP contribution in [-0.4, -0.2) is 68.8 Å². The second-order valence-electron chi connectivity index (χ2n) is 8.31. The van der Waals surface area contributed by atoms with Gasteiger partial charge in [0.05, 0.1) is 21.2 Å². The number of carbonyl (C=O) groups is 2. The zero-order chi connectivity index (χ0) is 27.8. The Morgan fingerprint density at radius 3 is 2.21 bits per heavy atom. The highest BCUT2D eigenvalue weighted by Crippen LogP contribution is 2.43. The van der Waals surface area contributed by atoms with Crippen LogP contribution in [0.15, 0.2) is 25.2 Å². The predicted molar refractivity (Wildman–Crippen MR) is 151 cm³/mol. The van der Waals surface area contributed by atoms with E-state index in [0.717, 1.165) is 12.8 Å². The van der Waals surface area contributed by atoms with Crippen LogP contribution < -0.4 is 10.6 Å². The number of nitrogens with zero attached hydrogens (tertiary/aromatic N) is 5. The standard InChI is InChI=1S/C25H29Br2N7O4/c1-5-34-24(35)15-12-17(26)21(19(27)18(15)25(34)36)33-32-20-14(2)16(13-28)22(29-8-6-10-37-3)31-23(20)30-9-7-11-38-4/h12H,5-11H2,1-4H3,(H2,29,30,31)/b33-32+. The maximum Gasteiger partial charge on any atom is 0.262 e. The highest BCUT2D eigenvalue weighted by molar-refractivity contribution is 9.11. The largest absolute Gasteiger partial charge is 0.385 e. The van der Waals surface area contributed by atoms with Crippen LogP contribution in [0.2, 0.25) is 0 Å². The number of aromatic nitrogens is 1. The van der Waals surface area contributed by atoms with Crippen LogP contribution in [0.4, 0.5) is 23.0 Å². The average Bonchev–Trinajstić information content (AvgIpc) is 3.14. The SMILES string of the molecule is CCN1C(=O)c2cc(Br)c(/N=N/c3c(NCCCOC)nc(NCCCOC)c(C#N)c3C)c(Br)c2C1=O. The van der Waals surface area contributed by atoms with Crippen molar-refractivity contribution in [2.45, 2.75) is 26.7 Å². The van der Waals surface area contributed by atoms with Gasteiger partial charge in [0.1, 0.15) is 23.3 Å². The third-order valence-corrected chi connectivity index (χ3v) is 7.23. The number of azo groups is 1. The summed E-state index contributed by atoms with van der Waals surface area (Å²) >= 11 is 6.91. The molecule has 202 valence electrons. The van der Waals surface area contributed by atoms with Crippen molar-refractivity contribution >= 4 is 66.7 Å². The monoisotopic (exact) mass is 649 g/mol. The zero-order valence-electron chi connectivity index (χ0n) is 21.7.